The first-order valence-electron chi connectivity index (χ1n) is 12.6. The van der Waals surface area contributed by atoms with E-state index in [4.69, 9.17) is 17.2 Å². The highest BCUT2D eigenvalue weighted by Gasteiger charge is 2.31. The van der Waals surface area contributed by atoms with E-state index in [9.17, 15) is 29.1 Å². The molecule has 1 heterocycles. The molecular weight excluding hydrogens is 526 g/mol. The van der Waals surface area contributed by atoms with Crippen LogP contribution in [0.1, 0.15) is 37.7 Å². The molecule has 4 amide bonds. The summed E-state index contributed by atoms with van der Waals surface area (Å²) in [5.74, 6) is -4.05. The maximum atomic E-state index is 13.4. The van der Waals surface area contributed by atoms with Gasteiger partial charge < -0.3 is 43.2 Å². The minimum atomic E-state index is -1.29. The number of aromatic nitrogens is 1. The fraction of sp³-hybridized carbons (Fsp3) is 0.480. The van der Waals surface area contributed by atoms with Crippen LogP contribution in [0.5, 0.6) is 0 Å². The number of hydrogen-bond acceptors (Lipinski definition) is 8. The first-order valence-corrected chi connectivity index (χ1v) is 13.2. The van der Waals surface area contributed by atoms with Gasteiger partial charge in [-0.15, -0.1) is 0 Å². The lowest BCUT2D eigenvalue weighted by molar-refractivity contribution is -0.142. The zero-order valence-electron chi connectivity index (χ0n) is 21.5. The molecule has 2 aromatic rings. The Bertz CT molecular complexity index is 1160. The first kappa shape index (κ1) is 31.6. The van der Waals surface area contributed by atoms with E-state index in [2.05, 4.69) is 33.6 Å². The number of carbonyl (C=O) groups is 5. The topological polar surface area (TPSA) is 236 Å². The second-order valence-corrected chi connectivity index (χ2v) is 9.53. The molecule has 214 valence electrons. The number of fused-ring (bicyclic) bond motifs is 1. The summed E-state index contributed by atoms with van der Waals surface area (Å²) in [5.41, 5.74) is 18.1. The predicted molar refractivity (Wildman–Crippen MR) is 149 cm³/mol. The highest BCUT2D eigenvalue weighted by Crippen LogP contribution is 2.19. The molecule has 11 N–H and O–H groups in total. The van der Waals surface area contributed by atoms with Gasteiger partial charge in [-0.05, 0) is 43.9 Å². The number of carboxylic acids is 1. The number of rotatable bonds is 17. The third kappa shape index (κ3) is 9.89. The molecule has 0 radical (unpaired) electrons. The molecule has 0 aliphatic carbocycles. The molecule has 0 aliphatic rings. The largest absolute Gasteiger partial charge is 0.480 e. The van der Waals surface area contributed by atoms with Crippen molar-refractivity contribution in [3.63, 3.8) is 0 Å². The monoisotopic (exact) mass is 563 g/mol. The Morgan fingerprint density at radius 3 is 2.21 bits per heavy atom. The normalized spacial score (nSPS) is 14.1. The Morgan fingerprint density at radius 1 is 0.923 bits per heavy atom. The van der Waals surface area contributed by atoms with Crippen molar-refractivity contribution in [1.29, 1.82) is 0 Å². The molecule has 0 saturated heterocycles. The number of thiol groups is 1. The van der Waals surface area contributed by atoms with Gasteiger partial charge in [0.15, 0.2) is 0 Å². The molecule has 1 aromatic carbocycles. The number of hydrogen-bond donors (Lipinski definition) is 9. The van der Waals surface area contributed by atoms with Gasteiger partial charge in [0.2, 0.25) is 23.6 Å². The fourth-order valence-electron chi connectivity index (χ4n) is 3.94. The van der Waals surface area contributed by atoms with Crippen LogP contribution in [-0.4, -0.2) is 76.2 Å². The van der Waals surface area contributed by atoms with Gasteiger partial charge >= 0.3 is 5.97 Å². The molecule has 4 atom stereocenters. The smallest absolute Gasteiger partial charge is 0.326 e. The van der Waals surface area contributed by atoms with Gasteiger partial charge in [-0.25, -0.2) is 4.79 Å². The Labute approximate surface area is 231 Å². The van der Waals surface area contributed by atoms with Crippen LogP contribution in [0, 0.1) is 0 Å². The average Bonchev–Trinajstić information content (AvgIpc) is 3.31. The summed E-state index contributed by atoms with van der Waals surface area (Å²) in [5, 5.41) is 17.9. The number of nitrogens with two attached hydrogens (primary N) is 3. The van der Waals surface area contributed by atoms with Crippen LogP contribution >= 0.6 is 12.6 Å². The van der Waals surface area contributed by atoms with E-state index in [1.165, 1.54) is 0 Å². The van der Waals surface area contributed by atoms with Crippen LogP contribution in [0.3, 0.4) is 0 Å². The SMILES string of the molecule is NCCCCC(NC(=O)C(CCC(N)=O)NC(=O)C(Cc1c[nH]c2ccccc12)NC(=O)C(N)CS)C(=O)O. The summed E-state index contributed by atoms with van der Waals surface area (Å²) >= 11 is 4.03. The predicted octanol–water partition coefficient (Wildman–Crippen LogP) is -1.10. The molecule has 2 rings (SSSR count). The minimum absolute atomic E-state index is 0.0393. The number of carboxylic acid groups (broad SMARTS) is 1. The molecule has 0 aliphatic heterocycles. The van der Waals surface area contributed by atoms with Gasteiger partial charge in [-0.1, -0.05) is 18.2 Å². The highest BCUT2D eigenvalue weighted by molar-refractivity contribution is 7.80. The van der Waals surface area contributed by atoms with Gasteiger partial charge in [0.25, 0.3) is 0 Å². The van der Waals surface area contributed by atoms with E-state index in [1.807, 2.05) is 24.3 Å². The van der Waals surface area contributed by atoms with Crippen LogP contribution in [0.4, 0.5) is 0 Å². The van der Waals surface area contributed by atoms with Crippen LogP contribution in [-0.2, 0) is 30.4 Å². The number of benzene rings is 1. The maximum Gasteiger partial charge on any atom is 0.326 e. The number of aromatic amines is 1. The van der Waals surface area contributed by atoms with Crippen LogP contribution in [0.15, 0.2) is 30.5 Å². The molecule has 4 unspecified atom stereocenters. The van der Waals surface area contributed by atoms with E-state index in [1.54, 1.807) is 6.20 Å². The fourth-order valence-corrected chi connectivity index (χ4v) is 4.11. The lowest BCUT2D eigenvalue weighted by atomic mass is 10.0. The Kier molecular flexibility index (Phi) is 12.7. The molecule has 13 nitrogen and oxygen atoms in total. The second kappa shape index (κ2) is 15.7. The standard InChI is InChI=1S/C25H37N7O6S/c26-10-4-3-7-19(25(37)38)31-23(35)18(8-9-21(28)33)30-24(36)20(32-22(34)16(27)13-39)11-14-12-29-17-6-2-1-5-15(14)17/h1-2,5-6,12,16,18-20,29,39H,3-4,7-11,13,26-27H2,(H2,28,33)(H,30,36)(H,31,35)(H,32,34)(H,37,38). The van der Waals surface area contributed by atoms with Gasteiger partial charge in [-0.3, -0.25) is 19.2 Å². The van der Waals surface area contributed by atoms with Crippen molar-refractivity contribution in [3.05, 3.63) is 36.0 Å². The minimum Gasteiger partial charge on any atom is -0.480 e. The lowest BCUT2D eigenvalue weighted by Gasteiger charge is -2.25. The number of carbonyl (C=O) groups excluding carboxylic acids is 4. The first-order chi connectivity index (χ1) is 18.6. The summed E-state index contributed by atoms with van der Waals surface area (Å²) in [4.78, 5) is 65.2. The Hall–Kier alpha value is -3.62. The van der Waals surface area contributed by atoms with Crippen molar-refractivity contribution in [1.82, 2.24) is 20.9 Å². The molecule has 0 spiro atoms. The van der Waals surface area contributed by atoms with Crippen molar-refractivity contribution < 1.29 is 29.1 Å². The average molecular weight is 564 g/mol. The van der Waals surface area contributed by atoms with Gasteiger partial charge in [0, 0.05) is 35.7 Å². The third-order valence-electron chi connectivity index (χ3n) is 6.14. The Morgan fingerprint density at radius 2 is 1.56 bits per heavy atom. The molecule has 0 fully saturated rings. The van der Waals surface area contributed by atoms with Crippen molar-refractivity contribution >= 4 is 53.1 Å². The lowest BCUT2D eigenvalue weighted by Crippen LogP contribution is -2.57. The second-order valence-electron chi connectivity index (χ2n) is 9.16. The van der Waals surface area contributed by atoms with Crippen molar-refractivity contribution in [2.75, 3.05) is 12.3 Å². The summed E-state index contributed by atoms with van der Waals surface area (Å²) < 4.78 is 0. The number of para-hydroxylation sites is 1. The van der Waals surface area contributed by atoms with Crippen molar-refractivity contribution in [2.24, 2.45) is 17.2 Å². The van der Waals surface area contributed by atoms with E-state index >= 15 is 0 Å². The number of nitrogens with one attached hydrogen (secondary N) is 4. The quantitative estimate of drug-likeness (QED) is 0.0844. The summed E-state index contributed by atoms with van der Waals surface area (Å²) in [7, 11) is 0. The van der Waals surface area contributed by atoms with Crippen LogP contribution < -0.4 is 33.2 Å². The number of H-pyrrole nitrogens is 1. The van der Waals surface area contributed by atoms with E-state index in [0.29, 0.717) is 19.4 Å². The zero-order valence-corrected chi connectivity index (χ0v) is 22.4. The number of amides is 4. The maximum absolute atomic E-state index is 13.4. The van der Waals surface area contributed by atoms with Crippen LogP contribution in [0.25, 0.3) is 10.9 Å². The highest BCUT2D eigenvalue weighted by atomic mass is 32.1. The molecule has 14 heteroatoms. The van der Waals surface area contributed by atoms with Crippen molar-refractivity contribution in [2.45, 2.75) is 62.7 Å². The number of aliphatic carboxylic acids is 1. The molecular formula is C25H37N7O6S. The van der Waals surface area contributed by atoms with Gasteiger partial charge in [0.05, 0.1) is 6.04 Å². The van der Waals surface area contributed by atoms with Crippen LogP contribution in [0.2, 0.25) is 0 Å². The van der Waals surface area contributed by atoms with E-state index in [-0.39, 0.29) is 31.4 Å². The zero-order chi connectivity index (χ0) is 28.9. The van der Waals surface area contributed by atoms with Gasteiger partial charge in [0.1, 0.15) is 18.1 Å². The van der Waals surface area contributed by atoms with E-state index < -0.39 is 53.8 Å². The van der Waals surface area contributed by atoms with Gasteiger partial charge in [-0.2, -0.15) is 12.6 Å². The molecule has 0 saturated carbocycles. The Balaban J connectivity index is 2.27. The third-order valence-corrected chi connectivity index (χ3v) is 6.53. The summed E-state index contributed by atoms with van der Waals surface area (Å²) in [6.45, 7) is 0.373. The van der Waals surface area contributed by atoms with E-state index in [0.717, 1.165) is 16.5 Å². The number of unbranched alkanes of at least 4 members (excludes halogenated alkanes) is 1. The van der Waals surface area contributed by atoms with Crippen molar-refractivity contribution in [3.8, 4) is 0 Å². The summed E-state index contributed by atoms with van der Waals surface area (Å²) in [6, 6.07) is 2.77. The molecule has 1 aromatic heterocycles. The molecule has 39 heavy (non-hydrogen) atoms. The molecule has 0 bridgehead atoms. The summed E-state index contributed by atoms with van der Waals surface area (Å²) in [6.07, 6.45) is 2.53. The number of primary amides is 1.